The molecule has 2 rings (SSSR count). The van der Waals surface area contributed by atoms with Crippen LogP contribution in [0.3, 0.4) is 0 Å². The Morgan fingerprint density at radius 2 is 2.14 bits per heavy atom. The highest BCUT2D eigenvalue weighted by atomic mass is 32.1. The predicted octanol–water partition coefficient (Wildman–Crippen LogP) is 3.60. The molecule has 22 heavy (non-hydrogen) atoms. The number of likely N-dealkylation sites (N-methyl/N-ethyl adjacent to an activating group) is 1. The number of thiophene rings is 1. The average Bonchev–Trinajstić information content (AvgIpc) is 2.97. The van der Waals surface area contributed by atoms with Gasteiger partial charge < -0.3 is 14.7 Å². The number of nitrogens with zero attached hydrogens (tertiary/aromatic N) is 2. The molecule has 0 unspecified atom stereocenters. The van der Waals surface area contributed by atoms with Gasteiger partial charge in [-0.1, -0.05) is 6.07 Å². The lowest BCUT2D eigenvalue weighted by Crippen LogP contribution is -2.19. The first-order valence-electron chi connectivity index (χ1n) is 6.64. The van der Waals surface area contributed by atoms with Crippen LogP contribution in [-0.4, -0.2) is 43.2 Å². The number of hydrogen-bond donors (Lipinski definition) is 1. The van der Waals surface area contributed by atoms with Gasteiger partial charge in [0.1, 0.15) is 10.6 Å². The molecule has 0 aliphatic carbocycles. The Morgan fingerprint density at radius 1 is 1.36 bits per heavy atom. The third-order valence-corrected chi connectivity index (χ3v) is 4.10. The van der Waals surface area contributed by atoms with Gasteiger partial charge in [0.15, 0.2) is 0 Å². The summed E-state index contributed by atoms with van der Waals surface area (Å²) in [4.78, 5) is 17.5. The molecule has 0 radical (unpaired) electrons. The molecule has 114 valence electrons. The van der Waals surface area contributed by atoms with Gasteiger partial charge in [-0.15, -0.1) is 11.3 Å². The summed E-state index contributed by atoms with van der Waals surface area (Å²) in [5.74, 6) is -0.388. The molecule has 0 saturated carbocycles. The smallest absolute Gasteiger partial charge is 0.345 e. The van der Waals surface area contributed by atoms with Gasteiger partial charge in [-0.25, -0.2) is 9.64 Å². The predicted molar refractivity (Wildman–Crippen MR) is 87.0 cm³/mol. The molecule has 0 spiro atoms. The molecular weight excluding hydrogens is 300 g/mol. The first-order valence-corrected chi connectivity index (χ1v) is 7.45. The van der Waals surface area contributed by atoms with Crippen LogP contribution in [-0.2, 0) is 0 Å². The van der Waals surface area contributed by atoms with Gasteiger partial charge in [-0.2, -0.15) is 0 Å². The molecule has 2 aromatic rings. The Balaban J connectivity index is 2.21. The maximum Gasteiger partial charge on any atom is 0.345 e. The van der Waals surface area contributed by atoms with E-state index in [-0.39, 0.29) is 4.88 Å². The topological polar surface area (TPSA) is 54.1 Å². The van der Waals surface area contributed by atoms with Crippen molar-refractivity contribution in [2.45, 2.75) is 0 Å². The zero-order chi connectivity index (χ0) is 16.1. The zero-order valence-corrected chi connectivity index (χ0v) is 13.2. The van der Waals surface area contributed by atoms with Crippen molar-refractivity contribution in [3.8, 4) is 16.2 Å². The van der Waals surface area contributed by atoms with E-state index < -0.39 is 5.97 Å². The Morgan fingerprint density at radius 3 is 2.73 bits per heavy atom. The fourth-order valence-electron chi connectivity index (χ4n) is 1.83. The number of carbonyl (C=O) groups is 1. The van der Waals surface area contributed by atoms with Crippen molar-refractivity contribution in [3.05, 3.63) is 46.6 Å². The minimum Gasteiger partial charge on any atom is -0.503 e. The fraction of sp³-hybridized carbons (Fsp3) is 0.250. The van der Waals surface area contributed by atoms with E-state index in [0.717, 1.165) is 17.0 Å². The maximum atomic E-state index is 10.9. The second-order valence-electron chi connectivity index (χ2n) is 4.92. The number of aromatic carboxylic acids is 1. The van der Waals surface area contributed by atoms with E-state index in [9.17, 15) is 4.79 Å². The molecule has 0 amide bonds. The molecular formula is C16H16N2O3S. The summed E-state index contributed by atoms with van der Waals surface area (Å²) in [5.41, 5.74) is 1.25. The first kappa shape index (κ1) is 16.0. The highest BCUT2D eigenvalue weighted by Crippen LogP contribution is 2.35. The van der Waals surface area contributed by atoms with Crippen molar-refractivity contribution in [3.63, 3.8) is 0 Å². The van der Waals surface area contributed by atoms with E-state index in [2.05, 4.69) is 4.85 Å². The molecule has 0 aliphatic rings. The maximum absolute atomic E-state index is 10.9. The van der Waals surface area contributed by atoms with Gasteiger partial charge >= 0.3 is 5.97 Å². The summed E-state index contributed by atoms with van der Waals surface area (Å²) in [6.07, 6.45) is 0. The summed E-state index contributed by atoms with van der Waals surface area (Å²) in [6.45, 7) is 8.56. The van der Waals surface area contributed by atoms with Crippen LogP contribution in [0.2, 0.25) is 0 Å². The largest absolute Gasteiger partial charge is 0.503 e. The highest BCUT2D eigenvalue weighted by Gasteiger charge is 2.11. The number of carboxylic acid groups (broad SMARTS) is 1. The third-order valence-electron chi connectivity index (χ3n) is 2.98. The Bertz CT molecular complexity index is 716. The van der Waals surface area contributed by atoms with Gasteiger partial charge in [0.2, 0.25) is 5.69 Å². The van der Waals surface area contributed by atoms with Crippen molar-refractivity contribution in [1.29, 1.82) is 0 Å². The normalized spacial score (nSPS) is 10.5. The summed E-state index contributed by atoms with van der Waals surface area (Å²) in [6, 6.07) is 8.66. The number of hydrogen-bond acceptors (Lipinski definition) is 4. The van der Waals surface area contributed by atoms with Gasteiger partial charge in [0.05, 0.1) is 13.2 Å². The second-order valence-corrected chi connectivity index (χ2v) is 6.00. The van der Waals surface area contributed by atoms with E-state index in [0.29, 0.717) is 18.0 Å². The van der Waals surface area contributed by atoms with Crippen molar-refractivity contribution < 1.29 is 14.6 Å². The molecule has 1 heterocycles. The quantitative estimate of drug-likeness (QED) is 0.827. The highest BCUT2D eigenvalue weighted by molar-refractivity contribution is 7.17. The third kappa shape index (κ3) is 3.85. The molecule has 0 bridgehead atoms. The molecule has 0 saturated heterocycles. The summed E-state index contributed by atoms with van der Waals surface area (Å²) in [7, 11) is 3.91. The van der Waals surface area contributed by atoms with Crippen LogP contribution in [0.5, 0.6) is 5.75 Å². The molecule has 1 N–H and O–H groups in total. The standard InChI is InChI=1S/C16H16N2O3S/c1-17-12-10-11(14-6-7-15(22-14)16(19)20)4-5-13(12)21-9-8-18(2)3/h4-7,10H,8-9H2,2-3H3,(H,19,20). The minimum atomic E-state index is -0.940. The van der Waals surface area contributed by atoms with E-state index in [1.807, 2.05) is 25.1 Å². The summed E-state index contributed by atoms with van der Waals surface area (Å²) >= 11 is 1.19. The van der Waals surface area contributed by atoms with Crippen LogP contribution in [0.25, 0.3) is 15.3 Å². The van der Waals surface area contributed by atoms with Crippen LogP contribution in [0, 0.1) is 6.57 Å². The Labute approximate surface area is 133 Å². The monoisotopic (exact) mass is 316 g/mol. The van der Waals surface area contributed by atoms with E-state index in [1.54, 1.807) is 24.3 Å². The first-order chi connectivity index (χ1) is 10.5. The summed E-state index contributed by atoms with van der Waals surface area (Å²) in [5, 5.41) is 8.97. The van der Waals surface area contributed by atoms with E-state index in [4.69, 9.17) is 16.4 Å². The van der Waals surface area contributed by atoms with Crippen molar-refractivity contribution in [2.24, 2.45) is 0 Å². The summed E-state index contributed by atoms with van der Waals surface area (Å²) < 4.78 is 5.63. The van der Waals surface area contributed by atoms with E-state index in [1.165, 1.54) is 11.3 Å². The lowest BCUT2D eigenvalue weighted by atomic mass is 10.1. The number of ether oxygens (including phenoxy) is 1. The molecule has 0 aliphatic heterocycles. The molecule has 0 atom stereocenters. The van der Waals surface area contributed by atoms with Crippen molar-refractivity contribution >= 4 is 23.0 Å². The lowest BCUT2D eigenvalue weighted by Gasteiger charge is -2.12. The second kappa shape index (κ2) is 7.07. The number of carboxylic acids is 1. The molecule has 6 heteroatoms. The van der Waals surface area contributed by atoms with Crippen LogP contribution in [0.4, 0.5) is 5.69 Å². The lowest BCUT2D eigenvalue weighted by molar-refractivity contribution is 0.0702. The van der Waals surface area contributed by atoms with Crippen molar-refractivity contribution in [1.82, 2.24) is 4.90 Å². The van der Waals surface area contributed by atoms with Gasteiger partial charge in [-0.3, -0.25) is 0 Å². The van der Waals surface area contributed by atoms with Gasteiger partial charge in [0, 0.05) is 11.4 Å². The average molecular weight is 316 g/mol. The zero-order valence-electron chi connectivity index (χ0n) is 12.4. The molecule has 5 nitrogen and oxygen atoms in total. The van der Waals surface area contributed by atoms with Crippen LogP contribution < -0.4 is 4.74 Å². The van der Waals surface area contributed by atoms with Crippen LogP contribution in [0.1, 0.15) is 9.67 Å². The van der Waals surface area contributed by atoms with Gasteiger partial charge in [-0.05, 0) is 43.9 Å². The van der Waals surface area contributed by atoms with E-state index >= 15 is 0 Å². The molecule has 1 aromatic carbocycles. The molecule has 0 fully saturated rings. The molecule has 1 aromatic heterocycles. The minimum absolute atomic E-state index is 0.283. The van der Waals surface area contributed by atoms with Crippen molar-refractivity contribution in [2.75, 3.05) is 27.2 Å². The fourth-order valence-corrected chi connectivity index (χ4v) is 2.67. The SMILES string of the molecule is [C-]#[N+]c1cc(-c2ccc(C(=O)O)s2)ccc1OCCN(C)C. The van der Waals surface area contributed by atoms with Crippen LogP contribution >= 0.6 is 11.3 Å². The number of rotatable bonds is 6. The number of benzene rings is 1. The Kier molecular flexibility index (Phi) is 5.15. The van der Waals surface area contributed by atoms with Gasteiger partial charge in [0.25, 0.3) is 0 Å². The Hall–Kier alpha value is -2.36. The van der Waals surface area contributed by atoms with Crippen LogP contribution in [0.15, 0.2) is 30.3 Å².